The molecule has 3 unspecified atom stereocenters. The molecule has 9 heteroatoms. The Morgan fingerprint density at radius 3 is 2.20 bits per heavy atom. The number of amides is 3. The maximum atomic E-state index is 13.7. The third-order valence-electron chi connectivity index (χ3n) is 5.34. The second-order valence-electron chi connectivity index (χ2n) is 9.81. The van der Waals surface area contributed by atoms with Crippen LogP contribution in [0.2, 0.25) is 0 Å². The zero-order chi connectivity index (χ0) is 26.6. The molecule has 3 amide bonds. The Kier molecular flexibility index (Phi) is 13.0. The Balaban J connectivity index is 3.36. The number of alkyl carbamates (subject to hydrolysis) is 1. The Bertz CT molecular complexity index is 810. The highest BCUT2D eigenvalue weighted by Crippen LogP contribution is 2.26. The van der Waals surface area contributed by atoms with Gasteiger partial charge >= 0.3 is 6.09 Å². The van der Waals surface area contributed by atoms with Gasteiger partial charge in [0.05, 0.1) is 0 Å². The zero-order valence-corrected chi connectivity index (χ0v) is 22.9. The summed E-state index contributed by atoms with van der Waals surface area (Å²) < 4.78 is 5.32. The number of hydrogen-bond acceptors (Lipinski definition) is 6. The topological polar surface area (TPSA) is 108 Å². The molecule has 0 radical (unpaired) electrons. The van der Waals surface area contributed by atoms with Crippen LogP contribution in [-0.2, 0) is 14.3 Å². The van der Waals surface area contributed by atoms with Gasteiger partial charge in [-0.15, -0.1) is 0 Å². The predicted molar refractivity (Wildman–Crippen MR) is 142 cm³/mol. The third kappa shape index (κ3) is 10.8. The number of hydrogen-bond donors (Lipinski definition) is 4. The van der Waals surface area contributed by atoms with Crippen molar-refractivity contribution in [2.45, 2.75) is 97.4 Å². The van der Waals surface area contributed by atoms with Gasteiger partial charge in [0.1, 0.15) is 23.4 Å². The average molecular weight is 510 g/mol. The number of nitrogens with one attached hydrogen (secondary N) is 2. The van der Waals surface area contributed by atoms with E-state index in [2.05, 4.69) is 30.2 Å². The minimum absolute atomic E-state index is 0.0402. The fourth-order valence-electron chi connectivity index (χ4n) is 3.69. The molecule has 0 aliphatic heterocycles. The number of carbonyl (C=O) groups is 3. The van der Waals surface area contributed by atoms with Crippen molar-refractivity contribution >= 4 is 30.5 Å². The number of aromatic hydroxyl groups is 1. The van der Waals surface area contributed by atoms with Gasteiger partial charge in [0, 0.05) is 18.3 Å². The lowest BCUT2D eigenvalue weighted by Gasteiger charge is -2.35. The number of nitrogens with zero attached hydrogens (tertiary/aromatic N) is 1. The standard InChI is InChI=1S/C26H43N3O5S/c1-7-9-10-16-29(24(32)21(17-35)28-25(33)34-26(4,5)6)22(19-12-14-20(30)15-13-19)23(31)27-18(3)11-8-2/h12-15,18,21-22,30,35H,7-11,16-17H2,1-6H3,(H,27,31)(H,28,33). The Morgan fingerprint density at radius 1 is 1.06 bits per heavy atom. The molecule has 0 aliphatic rings. The van der Waals surface area contributed by atoms with E-state index in [1.54, 1.807) is 32.9 Å². The number of unbranched alkanes of at least 4 members (excludes halogenated alkanes) is 2. The summed E-state index contributed by atoms with van der Waals surface area (Å²) in [6.07, 6.45) is 3.51. The number of carbonyl (C=O) groups excluding carboxylic acids is 3. The van der Waals surface area contributed by atoms with Crippen LogP contribution in [0.1, 0.15) is 85.3 Å². The fourth-order valence-corrected chi connectivity index (χ4v) is 3.94. The highest BCUT2D eigenvalue weighted by Gasteiger charge is 2.36. The van der Waals surface area contributed by atoms with Crippen LogP contribution in [-0.4, -0.2) is 57.9 Å². The van der Waals surface area contributed by atoms with Crippen molar-refractivity contribution in [3.63, 3.8) is 0 Å². The molecule has 0 aliphatic carbocycles. The first kappa shape index (κ1) is 30.6. The van der Waals surface area contributed by atoms with Crippen molar-refractivity contribution in [2.24, 2.45) is 0 Å². The average Bonchev–Trinajstić information content (AvgIpc) is 2.76. The zero-order valence-electron chi connectivity index (χ0n) is 22.0. The maximum Gasteiger partial charge on any atom is 0.408 e. The summed E-state index contributed by atoms with van der Waals surface area (Å²) in [6, 6.07) is 4.30. The molecule has 0 heterocycles. The van der Waals surface area contributed by atoms with Gasteiger partial charge in [-0.3, -0.25) is 9.59 Å². The molecule has 0 fully saturated rings. The van der Waals surface area contributed by atoms with Crippen LogP contribution in [0.3, 0.4) is 0 Å². The number of phenols is 1. The van der Waals surface area contributed by atoms with E-state index in [9.17, 15) is 19.5 Å². The first-order valence-electron chi connectivity index (χ1n) is 12.4. The van der Waals surface area contributed by atoms with Gasteiger partial charge < -0.3 is 25.4 Å². The smallest absolute Gasteiger partial charge is 0.408 e. The minimum Gasteiger partial charge on any atom is -0.508 e. The molecule has 198 valence electrons. The molecule has 3 atom stereocenters. The van der Waals surface area contributed by atoms with Gasteiger partial charge in [0.15, 0.2) is 0 Å². The van der Waals surface area contributed by atoms with Gasteiger partial charge in [0.2, 0.25) is 11.8 Å². The third-order valence-corrected chi connectivity index (χ3v) is 5.70. The summed E-state index contributed by atoms with van der Waals surface area (Å²) in [5.41, 5.74) is -0.150. The highest BCUT2D eigenvalue weighted by molar-refractivity contribution is 7.80. The molecule has 3 N–H and O–H groups in total. The van der Waals surface area contributed by atoms with Crippen LogP contribution in [0.4, 0.5) is 4.79 Å². The van der Waals surface area contributed by atoms with Gasteiger partial charge in [-0.1, -0.05) is 45.2 Å². The van der Waals surface area contributed by atoms with Gasteiger partial charge in [-0.05, 0) is 58.2 Å². The molecule has 1 aromatic carbocycles. The lowest BCUT2D eigenvalue weighted by molar-refractivity contribution is -0.142. The molecule has 8 nitrogen and oxygen atoms in total. The van der Waals surface area contributed by atoms with Crippen LogP contribution in [0.5, 0.6) is 5.75 Å². The Hall–Kier alpha value is -2.42. The van der Waals surface area contributed by atoms with Crippen LogP contribution >= 0.6 is 12.6 Å². The molecular formula is C26H43N3O5S. The van der Waals surface area contributed by atoms with E-state index in [0.29, 0.717) is 18.5 Å². The molecule has 1 aromatic rings. The van der Waals surface area contributed by atoms with E-state index in [1.165, 1.54) is 17.0 Å². The van der Waals surface area contributed by atoms with Gasteiger partial charge in [-0.2, -0.15) is 12.6 Å². The van der Waals surface area contributed by atoms with E-state index < -0.39 is 29.7 Å². The van der Waals surface area contributed by atoms with Crippen molar-refractivity contribution in [3.05, 3.63) is 29.8 Å². The summed E-state index contributed by atoms with van der Waals surface area (Å²) in [4.78, 5) is 41.2. The van der Waals surface area contributed by atoms with E-state index in [-0.39, 0.29) is 23.5 Å². The predicted octanol–water partition coefficient (Wildman–Crippen LogP) is 4.58. The Labute approximate surface area is 215 Å². The van der Waals surface area contributed by atoms with Gasteiger partial charge in [-0.25, -0.2) is 4.79 Å². The fraction of sp³-hybridized carbons (Fsp3) is 0.654. The van der Waals surface area contributed by atoms with Crippen molar-refractivity contribution in [1.82, 2.24) is 15.5 Å². The Morgan fingerprint density at radius 2 is 1.69 bits per heavy atom. The van der Waals surface area contributed by atoms with Crippen LogP contribution in [0, 0.1) is 0 Å². The number of thiol groups is 1. The molecule has 0 spiro atoms. The lowest BCUT2D eigenvalue weighted by Crippen LogP contribution is -2.54. The van der Waals surface area contributed by atoms with Crippen molar-refractivity contribution < 1.29 is 24.2 Å². The molecule has 0 saturated carbocycles. The quantitative estimate of drug-likeness (QED) is 0.230. The molecule has 0 aromatic heterocycles. The molecule has 1 rings (SSSR count). The molecule has 0 saturated heterocycles. The first-order chi connectivity index (χ1) is 16.4. The van der Waals surface area contributed by atoms with E-state index in [0.717, 1.165) is 25.7 Å². The first-order valence-corrected chi connectivity index (χ1v) is 13.1. The summed E-state index contributed by atoms with van der Waals surface area (Å²) in [5, 5.41) is 15.4. The van der Waals surface area contributed by atoms with Gasteiger partial charge in [0.25, 0.3) is 0 Å². The van der Waals surface area contributed by atoms with Crippen LogP contribution in [0.15, 0.2) is 24.3 Å². The number of phenolic OH excluding ortho intramolecular Hbond substituents is 1. The second kappa shape index (κ2) is 14.9. The SMILES string of the molecule is CCCCCN(C(=O)C(CS)NC(=O)OC(C)(C)C)C(C(=O)NC(C)CCC)c1ccc(O)cc1. The number of benzene rings is 1. The molecular weight excluding hydrogens is 466 g/mol. The van der Waals surface area contributed by atoms with Crippen molar-refractivity contribution in [3.8, 4) is 5.75 Å². The minimum atomic E-state index is -0.977. The normalized spacial score (nSPS) is 13.9. The van der Waals surface area contributed by atoms with E-state index in [4.69, 9.17) is 4.74 Å². The highest BCUT2D eigenvalue weighted by atomic mass is 32.1. The largest absolute Gasteiger partial charge is 0.508 e. The number of rotatable bonds is 13. The summed E-state index contributed by atoms with van der Waals surface area (Å²) in [5.74, 6) is -0.621. The maximum absolute atomic E-state index is 13.7. The van der Waals surface area contributed by atoms with Crippen molar-refractivity contribution in [1.29, 1.82) is 0 Å². The van der Waals surface area contributed by atoms with E-state index in [1.807, 2.05) is 13.8 Å². The monoisotopic (exact) mass is 509 g/mol. The van der Waals surface area contributed by atoms with Crippen LogP contribution < -0.4 is 10.6 Å². The van der Waals surface area contributed by atoms with E-state index >= 15 is 0 Å². The van der Waals surface area contributed by atoms with Crippen LogP contribution in [0.25, 0.3) is 0 Å². The lowest BCUT2D eigenvalue weighted by atomic mass is 10.0. The molecule has 35 heavy (non-hydrogen) atoms. The summed E-state index contributed by atoms with van der Waals surface area (Å²) in [6.45, 7) is 11.6. The molecule has 0 bridgehead atoms. The second-order valence-corrected chi connectivity index (χ2v) is 10.2. The number of ether oxygens (including phenoxy) is 1. The summed E-state index contributed by atoms with van der Waals surface area (Å²) >= 11 is 4.30. The summed E-state index contributed by atoms with van der Waals surface area (Å²) in [7, 11) is 0. The van der Waals surface area contributed by atoms with Crippen molar-refractivity contribution in [2.75, 3.05) is 12.3 Å².